The fourth-order valence-electron chi connectivity index (χ4n) is 2.89. The molecule has 8 heteroatoms. The van der Waals surface area contributed by atoms with Crippen LogP contribution in [-0.2, 0) is 25.5 Å². The third-order valence-electron chi connectivity index (χ3n) is 4.79. The molecule has 0 saturated carbocycles. The zero-order valence-electron chi connectivity index (χ0n) is 20.6. The first-order chi connectivity index (χ1) is 16.2. The Balaban J connectivity index is 0.000000533. The Morgan fingerprint density at radius 2 is 1.68 bits per heavy atom. The number of ether oxygens (including phenoxy) is 2. The molecule has 0 aromatic heterocycles. The van der Waals surface area contributed by atoms with Crippen LogP contribution in [0, 0.1) is 12.8 Å². The Bertz CT molecular complexity index is 912. The van der Waals surface area contributed by atoms with Crippen molar-refractivity contribution in [3.8, 4) is 11.5 Å². The SMILES string of the molecule is CCc1ccc(O)cc1.COC(=O)CNC(=O)[C@H](CC(C)C)NC(=O)COc1ccccc1C. The third-order valence-corrected chi connectivity index (χ3v) is 4.79. The Morgan fingerprint density at radius 3 is 2.24 bits per heavy atom. The highest BCUT2D eigenvalue weighted by Gasteiger charge is 2.22. The van der Waals surface area contributed by atoms with Crippen molar-refractivity contribution in [2.75, 3.05) is 20.3 Å². The number of benzene rings is 2. The molecule has 1 atom stereocenters. The molecule has 0 unspecified atom stereocenters. The van der Waals surface area contributed by atoms with Crippen LogP contribution in [0.2, 0.25) is 0 Å². The summed E-state index contributed by atoms with van der Waals surface area (Å²) in [6, 6.07) is 13.9. The lowest BCUT2D eigenvalue weighted by Gasteiger charge is -2.20. The minimum Gasteiger partial charge on any atom is -0.508 e. The number of phenols is 1. The van der Waals surface area contributed by atoms with E-state index in [4.69, 9.17) is 9.84 Å². The molecule has 0 bridgehead atoms. The van der Waals surface area contributed by atoms with Gasteiger partial charge in [-0.2, -0.15) is 0 Å². The number of carbonyl (C=O) groups excluding carboxylic acids is 3. The van der Waals surface area contributed by atoms with Crippen molar-refractivity contribution in [1.29, 1.82) is 0 Å². The zero-order chi connectivity index (χ0) is 25.5. The van der Waals surface area contributed by atoms with Crippen molar-refractivity contribution >= 4 is 17.8 Å². The summed E-state index contributed by atoms with van der Waals surface area (Å²) in [5, 5.41) is 14.0. The van der Waals surface area contributed by atoms with E-state index in [-0.39, 0.29) is 19.1 Å². The van der Waals surface area contributed by atoms with Gasteiger partial charge in [0, 0.05) is 0 Å². The number of esters is 1. The first-order valence-electron chi connectivity index (χ1n) is 11.3. The van der Waals surface area contributed by atoms with Gasteiger partial charge in [-0.15, -0.1) is 0 Å². The van der Waals surface area contributed by atoms with Gasteiger partial charge >= 0.3 is 5.97 Å². The Morgan fingerprint density at radius 1 is 1.03 bits per heavy atom. The molecule has 0 heterocycles. The van der Waals surface area contributed by atoms with Gasteiger partial charge in [0.2, 0.25) is 5.91 Å². The summed E-state index contributed by atoms with van der Waals surface area (Å²) in [4.78, 5) is 35.4. The molecule has 0 saturated heterocycles. The normalized spacial score (nSPS) is 11.0. The van der Waals surface area contributed by atoms with Crippen molar-refractivity contribution in [1.82, 2.24) is 10.6 Å². The molecule has 0 spiro atoms. The number of aromatic hydroxyl groups is 1. The van der Waals surface area contributed by atoms with Crippen LogP contribution >= 0.6 is 0 Å². The van der Waals surface area contributed by atoms with Gasteiger partial charge in [-0.1, -0.05) is 51.1 Å². The lowest BCUT2D eigenvalue weighted by molar-refractivity contribution is -0.141. The van der Waals surface area contributed by atoms with Crippen molar-refractivity contribution in [2.45, 2.75) is 46.6 Å². The van der Waals surface area contributed by atoms with Crippen LogP contribution in [0.25, 0.3) is 0 Å². The fraction of sp³-hybridized carbons (Fsp3) is 0.423. The minimum absolute atomic E-state index is 0.187. The number of hydrogen-bond acceptors (Lipinski definition) is 6. The van der Waals surface area contributed by atoms with Gasteiger partial charge < -0.3 is 25.2 Å². The number of para-hydroxylation sites is 1. The molecule has 0 aliphatic carbocycles. The lowest BCUT2D eigenvalue weighted by Crippen LogP contribution is -2.49. The van der Waals surface area contributed by atoms with Gasteiger partial charge in [-0.05, 0) is 55.0 Å². The summed E-state index contributed by atoms with van der Waals surface area (Å²) < 4.78 is 9.96. The van der Waals surface area contributed by atoms with Crippen LogP contribution in [0.15, 0.2) is 48.5 Å². The van der Waals surface area contributed by atoms with Crippen LogP contribution in [0.4, 0.5) is 0 Å². The Hall–Kier alpha value is -3.55. The third kappa shape index (κ3) is 11.4. The summed E-state index contributed by atoms with van der Waals surface area (Å²) >= 11 is 0. The van der Waals surface area contributed by atoms with Gasteiger partial charge in [-0.3, -0.25) is 14.4 Å². The number of amides is 2. The summed E-state index contributed by atoms with van der Waals surface area (Å²) in [6.45, 7) is 7.43. The van der Waals surface area contributed by atoms with Crippen molar-refractivity contribution in [3.05, 3.63) is 59.7 Å². The van der Waals surface area contributed by atoms with E-state index in [1.165, 1.54) is 12.7 Å². The average molecular weight is 473 g/mol. The van der Waals surface area contributed by atoms with E-state index in [0.717, 1.165) is 12.0 Å². The van der Waals surface area contributed by atoms with Gasteiger partial charge in [0.05, 0.1) is 7.11 Å². The quantitative estimate of drug-likeness (QED) is 0.458. The smallest absolute Gasteiger partial charge is 0.325 e. The van der Waals surface area contributed by atoms with E-state index in [2.05, 4.69) is 22.3 Å². The molecule has 2 rings (SSSR count). The fourth-order valence-corrected chi connectivity index (χ4v) is 2.89. The number of aryl methyl sites for hydroxylation is 2. The molecule has 186 valence electrons. The molecule has 0 fully saturated rings. The molecule has 2 aromatic rings. The standard InChI is InChI=1S/C18H26N2O5.C8H10O/c1-12(2)9-14(18(23)19-10-17(22)24-4)20-16(21)11-25-15-8-6-5-7-13(15)3;1-2-7-3-5-8(9)6-4-7/h5-8,12,14H,9-11H2,1-4H3,(H,19,23)(H,20,21);3-6,9H,2H2,1H3/t14-;/m0./s1. The maximum atomic E-state index is 12.2. The molecule has 2 amide bonds. The van der Waals surface area contributed by atoms with Crippen LogP contribution in [0.5, 0.6) is 11.5 Å². The van der Waals surface area contributed by atoms with Crippen LogP contribution < -0.4 is 15.4 Å². The van der Waals surface area contributed by atoms with Crippen molar-refractivity contribution < 1.29 is 29.0 Å². The van der Waals surface area contributed by atoms with Crippen LogP contribution in [0.1, 0.15) is 38.3 Å². The number of nitrogens with one attached hydrogen (secondary N) is 2. The largest absolute Gasteiger partial charge is 0.508 e. The van der Waals surface area contributed by atoms with E-state index in [0.29, 0.717) is 17.9 Å². The molecule has 0 aliphatic heterocycles. The summed E-state index contributed by atoms with van der Waals surface area (Å²) in [6.07, 6.45) is 1.48. The zero-order valence-corrected chi connectivity index (χ0v) is 20.6. The Labute approximate surface area is 201 Å². The maximum absolute atomic E-state index is 12.2. The van der Waals surface area contributed by atoms with Gasteiger partial charge in [-0.25, -0.2) is 0 Å². The van der Waals surface area contributed by atoms with Crippen molar-refractivity contribution in [2.24, 2.45) is 5.92 Å². The topological polar surface area (TPSA) is 114 Å². The number of hydrogen-bond donors (Lipinski definition) is 3. The first-order valence-corrected chi connectivity index (χ1v) is 11.3. The molecular weight excluding hydrogens is 436 g/mol. The molecule has 34 heavy (non-hydrogen) atoms. The number of methoxy groups -OCH3 is 1. The minimum atomic E-state index is -0.738. The maximum Gasteiger partial charge on any atom is 0.325 e. The second-order valence-electron chi connectivity index (χ2n) is 8.12. The summed E-state index contributed by atoms with van der Waals surface area (Å²) in [5.41, 5.74) is 2.18. The predicted molar refractivity (Wildman–Crippen MR) is 131 cm³/mol. The molecule has 0 aliphatic rings. The average Bonchev–Trinajstić information content (AvgIpc) is 2.82. The highest BCUT2D eigenvalue weighted by atomic mass is 16.5. The molecule has 8 nitrogen and oxygen atoms in total. The first kappa shape index (κ1) is 28.5. The van der Waals surface area contributed by atoms with E-state index in [9.17, 15) is 14.4 Å². The van der Waals surface area contributed by atoms with Crippen molar-refractivity contribution in [3.63, 3.8) is 0 Å². The highest BCUT2D eigenvalue weighted by molar-refractivity contribution is 5.90. The van der Waals surface area contributed by atoms with E-state index < -0.39 is 23.8 Å². The molecule has 2 aromatic carbocycles. The van der Waals surface area contributed by atoms with Gasteiger partial charge in [0.15, 0.2) is 6.61 Å². The number of rotatable bonds is 10. The van der Waals surface area contributed by atoms with E-state index in [1.807, 2.05) is 51.1 Å². The lowest BCUT2D eigenvalue weighted by atomic mass is 10.0. The van der Waals surface area contributed by atoms with Gasteiger partial charge in [0.25, 0.3) is 5.91 Å². The Kier molecular flexibility index (Phi) is 12.8. The van der Waals surface area contributed by atoms with E-state index in [1.54, 1.807) is 18.2 Å². The summed E-state index contributed by atoms with van der Waals surface area (Å²) in [7, 11) is 1.24. The predicted octanol–water partition coefficient (Wildman–Crippen LogP) is 3.15. The number of phenolic OH excluding ortho intramolecular Hbond substituents is 1. The molecule has 3 N–H and O–H groups in total. The monoisotopic (exact) mass is 472 g/mol. The second kappa shape index (κ2) is 15.3. The molecule has 0 radical (unpaired) electrons. The van der Waals surface area contributed by atoms with Crippen LogP contribution in [-0.4, -0.2) is 49.2 Å². The van der Waals surface area contributed by atoms with Gasteiger partial charge in [0.1, 0.15) is 24.1 Å². The van der Waals surface area contributed by atoms with E-state index >= 15 is 0 Å². The summed E-state index contributed by atoms with van der Waals surface area (Å²) in [5.74, 6) is -0.233. The number of carbonyl (C=O) groups is 3. The van der Waals surface area contributed by atoms with Crippen LogP contribution in [0.3, 0.4) is 0 Å². The second-order valence-corrected chi connectivity index (χ2v) is 8.12. The highest BCUT2D eigenvalue weighted by Crippen LogP contribution is 2.16. The molecular formula is C26H36N2O6.